The van der Waals surface area contributed by atoms with Crippen molar-refractivity contribution < 1.29 is 9.15 Å². The predicted octanol–water partition coefficient (Wildman–Crippen LogP) is 1.81. The minimum Gasteiger partial charge on any atom is -0.440 e. The van der Waals surface area contributed by atoms with Crippen molar-refractivity contribution in [1.82, 2.24) is 0 Å². The summed E-state index contributed by atoms with van der Waals surface area (Å²) in [5.41, 5.74) is 13.1. The van der Waals surface area contributed by atoms with Crippen LogP contribution in [0.4, 0.5) is 0 Å². The van der Waals surface area contributed by atoms with Gasteiger partial charge in [-0.2, -0.15) is 0 Å². The van der Waals surface area contributed by atoms with Crippen LogP contribution >= 0.6 is 0 Å². The third-order valence-electron chi connectivity index (χ3n) is 3.72. The van der Waals surface area contributed by atoms with Crippen LogP contribution in [0.25, 0.3) is 11.0 Å². The molecule has 0 bridgehead atoms. The lowest BCUT2D eigenvalue weighted by Crippen LogP contribution is -2.29. The fourth-order valence-electron chi connectivity index (χ4n) is 2.76. The average Bonchev–Trinajstić information content (AvgIpc) is 2.46. The highest BCUT2D eigenvalue weighted by molar-refractivity contribution is 5.85. The van der Waals surface area contributed by atoms with Crippen LogP contribution in [-0.4, -0.2) is 6.54 Å². The standard InChI is InChI=1S/C15H16N2O3/c1-2-8-10(7-16)14(17)20-13-9-5-3-4-6-11(9)19-15(18)12(8)13/h3-6,8H,2,7,16-17H2,1H3. The first-order chi connectivity index (χ1) is 9.67. The van der Waals surface area contributed by atoms with Crippen LogP contribution in [0, 0.1) is 0 Å². The van der Waals surface area contributed by atoms with Crippen molar-refractivity contribution in [1.29, 1.82) is 0 Å². The number of hydrogen-bond donors (Lipinski definition) is 2. The van der Waals surface area contributed by atoms with Gasteiger partial charge in [0.25, 0.3) is 0 Å². The van der Waals surface area contributed by atoms with Gasteiger partial charge in [0, 0.05) is 18.0 Å². The Kier molecular flexibility index (Phi) is 2.99. The monoisotopic (exact) mass is 272 g/mol. The molecule has 1 aliphatic heterocycles. The summed E-state index contributed by atoms with van der Waals surface area (Å²) in [7, 11) is 0. The molecule has 1 unspecified atom stereocenters. The third kappa shape index (κ3) is 1.71. The van der Waals surface area contributed by atoms with Crippen LogP contribution < -0.4 is 21.8 Å². The molecule has 0 saturated carbocycles. The summed E-state index contributed by atoms with van der Waals surface area (Å²) >= 11 is 0. The van der Waals surface area contributed by atoms with Crippen molar-refractivity contribution >= 4 is 11.0 Å². The van der Waals surface area contributed by atoms with E-state index in [4.69, 9.17) is 20.6 Å². The Labute approximate surface area is 115 Å². The second-order valence-corrected chi connectivity index (χ2v) is 4.78. The normalized spacial score (nSPS) is 18.0. The Morgan fingerprint density at radius 3 is 2.75 bits per heavy atom. The van der Waals surface area contributed by atoms with Crippen molar-refractivity contribution in [3.05, 3.63) is 51.7 Å². The second-order valence-electron chi connectivity index (χ2n) is 4.78. The van der Waals surface area contributed by atoms with Crippen molar-refractivity contribution in [3.63, 3.8) is 0 Å². The summed E-state index contributed by atoms with van der Waals surface area (Å²) in [6.45, 7) is 2.24. The van der Waals surface area contributed by atoms with Crippen LogP contribution in [0.15, 0.2) is 44.9 Å². The lowest BCUT2D eigenvalue weighted by Gasteiger charge is -2.27. The zero-order valence-corrected chi connectivity index (χ0v) is 11.2. The molecule has 2 aromatic rings. The van der Waals surface area contributed by atoms with Gasteiger partial charge in [-0.15, -0.1) is 0 Å². The maximum atomic E-state index is 12.3. The molecule has 1 atom stereocenters. The van der Waals surface area contributed by atoms with Gasteiger partial charge in [0.15, 0.2) is 11.6 Å². The lowest BCUT2D eigenvalue weighted by molar-refractivity contribution is 0.374. The molecular formula is C15H16N2O3. The van der Waals surface area contributed by atoms with Crippen LogP contribution in [0.2, 0.25) is 0 Å². The maximum absolute atomic E-state index is 12.3. The molecule has 1 aromatic heterocycles. The SMILES string of the molecule is CCC1C(CN)=C(N)Oc2c1c(=O)oc1ccccc21. The van der Waals surface area contributed by atoms with Crippen LogP contribution in [0.1, 0.15) is 24.8 Å². The van der Waals surface area contributed by atoms with Gasteiger partial charge in [-0.3, -0.25) is 0 Å². The van der Waals surface area contributed by atoms with Gasteiger partial charge in [-0.05, 0) is 18.6 Å². The van der Waals surface area contributed by atoms with Gasteiger partial charge < -0.3 is 20.6 Å². The van der Waals surface area contributed by atoms with Crippen LogP contribution in [0.5, 0.6) is 5.75 Å². The van der Waals surface area contributed by atoms with E-state index in [1.54, 1.807) is 6.07 Å². The zero-order chi connectivity index (χ0) is 14.3. The number of benzene rings is 1. The van der Waals surface area contributed by atoms with Gasteiger partial charge >= 0.3 is 5.63 Å². The molecule has 0 aliphatic carbocycles. The lowest BCUT2D eigenvalue weighted by atomic mass is 9.87. The van der Waals surface area contributed by atoms with Gasteiger partial charge in [-0.1, -0.05) is 19.1 Å². The molecule has 20 heavy (non-hydrogen) atoms. The van der Waals surface area contributed by atoms with E-state index in [2.05, 4.69) is 0 Å². The highest BCUT2D eigenvalue weighted by atomic mass is 16.5. The van der Waals surface area contributed by atoms with E-state index in [1.165, 1.54) is 0 Å². The van der Waals surface area contributed by atoms with E-state index in [0.717, 1.165) is 11.0 Å². The van der Waals surface area contributed by atoms with E-state index < -0.39 is 0 Å². The average molecular weight is 272 g/mol. The number of para-hydroxylation sites is 1. The van der Waals surface area contributed by atoms with Crippen LogP contribution in [0.3, 0.4) is 0 Å². The van der Waals surface area contributed by atoms with Crippen molar-refractivity contribution in [2.75, 3.05) is 6.54 Å². The van der Waals surface area contributed by atoms with E-state index in [-0.39, 0.29) is 18.1 Å². The largest absolute Gasteiger partial charge is 0.440 e. The number of fused-ring (bicyclic) bond motifs is 3. The minimum atomic E-state index is -0.385. The summed E-state index contributed by atoms with van der Waals surface area (Å²) in [6.07, 6.45) is 0.715. The van der Waals surface area contributed by atoms with Gasteiger partial charge in [-0.25, -0.2) is 4.79 Å². The molecule has 4 N–H and O–H groups in total. The number of rotatable bonds is 2. The van der Waals surface area contributed by atoms with Gasteiger partial charge in [0.1, 0.15) is 5.58 Å². The smallest absolute Gasteiger partial charge is 0.343 e. The summed E-state index contributed by atoms with van der Waals surface area (Å²) in [5, 5.41) is 0.750. The van der Waals surface area contributed by atoms with Crippen molar-refractivity contribution in [2.24, 2.45) is 11.5 Å². The van der Waals surface area contributed by atoms with E-state index in [9.17, 15) is 4.79 Å². The van der Waals surface area contributed by atoms with Gasteiger partial charge in [0.05, 0.1) is 10.9 Å². The Morgan fingerprint density at radius 1 is 1.30 bits per heavy atom. The summed E-state index contributed by atoms with van der Waals surface area (Å²) in [4.78, 5) is 12.3. The third-order valence-corrected chi connectivity index (χ3v) is 3.72. The fourth-order valence-corrected chi connectivity index (χ4v) is 2.76. The molecule has 104 valence electrons. The summed E-state index contributed by atoms with van der Waals surface area (Å²) in [6, 6.07) is 7.26. The topological polar surface area (TPSA) is 91.5 Å². The molecule has 5 nitrogen and oxygen atoms in total. The van der Waals surface area contributed by atoms with Crippen LogP contribution in [-0.2, 0) is 0 Å². The number of hydrogen-bond acceptors (Lipinski definition) is 5. The first-order valence-electron chi connectivity index (χ1n) is 6.59. The first kappa shape index (κ1) is 12.7. The van der Waals surface area contributed by atoms with Gasteiger partial charge in [0.2, 0.25) is 0 Å². The molecule has 0 fully saturated rings. The van der Waals surface area contributed by atoms with Crippen molar-refractivity contribution in [3.8, 4) is 5.75 Å². The first-order valence-corrected chi connectivity index (χ1v) is 6.59. The molecular weight excluding hydrogens is 256 g/mol. The Bertz CT molecular complexity index is 761. The highest BCUT2D eigenvalue weighted by Crippen LogP contribution is 2.41. The molecule has 2 heterocycles. The number of nitrogens with two attached hydrogens (primary N) is 2. The molecule has 1 aromatic carbocycles. The second kappa shape index (κ2) is 4.68. The summed E-state index contributed by atoms with van der Waals surface area (Å²) < 4.78 is 11.1. The molecule has 0 saturated heterocycles. The Morgan fingerprint density at radius 2 is 2.05 bits per heavy atom. The quantitative estimate of drug-likeness (QED) is 0.813. The molecule has 5 heteroatoms. The van der Waals surface area contributed by atoms with E-state index in [1.807, 2.05) is 25.1 Å². The predicted molar refractivity (Wildman–Crippen MR) is 76.4 cm³/mol. The molecule has 1 aliphatic rings. The molecule has 0 radical (unpaired) electrons. The Balaban J connectivity index is 2.36. The summed E-state index contributed by atoms with van der Waals surface area (Å²) in [5.74, 6) is 0.644. The number of ether oxygens (including phenoxy) is 1. The van der Waals surface area contributed by atoms with Crippen molar-refractivity contribution in [2.45, 2.75) is 19.3 Å². The zero-order valence-electron chi connectivity index (χ0n) is 11.2. The fraction of sp³-hybridized carbons (Fsp3) is 0.267. The highest BCUT2D eigenvalue weighted by Gasteiger charge is 2.31. The maximum Gasteiger partial charge on any atom is 0.343 e. The molecule has 3 rings (SSSR count). The molecule has 0 spiro atoms. The van der Waals surface area contributed by atoms with E-state index in [0.29, 0.717) is 29.2 Å². The Hall–Kier alpha value is -2.27. The van der Waals surface area contributed by atoms with E-state index >= 15 is 0 Å². The minimum absolute atomic E-state index is 0.149. The molecule has 0 amide bonds.